The van der Waals surface area contributed by atoms with Crippen molar-refractivity contribution < 1.29 is 30.4 Å². The molecule has 402 valence electrons. The van der Waals surface area contributed by atoms with E-state index in [-0.39, 0.29) is 48.1 Å². The van der Waals surface area contributed by atoms with Gasteiger partial charge in [0.2, 0.25) is 0 Å². The summed E-state index contributed by atoms with van der Waals surface area (Å²) >= 11 is 0. The maximum absolute atomic E-state index is 6.84. The summed E-state index contributed by atoms with van der Waals surface area (Å²) in [7, 11) is 0. The molecule has 6 heteroatoms. The van der Waals surface area contributed by atoms with Crippen molar-refractivity contribution in [1.29, 1.82) is 0 Å². The van der Waals surface area contributed by atoms with E-state index < -0.39 is 0 Å². The normalized spacial score (nSPS) is 16.3. The quantitative estimate of drug-likeness (QED) is 0.127. The average Bonchev–Trinajstić information content (AvgIpc) is 4.20. The van der Waals surface area contributed by atoms with Gasteiger partial charge in [-0.05, 0) is 160 Å². The largest absolute Gasteiger partial charge is 0.510 e. The second kappa shape index (κ2) is 18.3. The Labute approximate surface area is 486 Å². The van der Waals surface area contributed by atoms with Gasteiger partial charge in [-0.3, -0.25) is 4.57 Å². The van der Waals surface area contributed by atoms with E-state index in [4.69, 9.17) is 9.72 Å². The SMILES string of the molecule is CC(C)(C)c1ccnc(-n2c3[c-]c(Oc4[c-]c(-n5[c-][n+]6c7c(cccc75)-c5ccccc5-c5cc7c(cc5-c5cccc(-c8ccc9c(c8)C(C)(C)CCC9(C)C)c5-6)C(C)(C)CCC7(C)C)ccc4)ccc3c3ccccc32)c1.[Pt]. The van der Waals surface area contributed by atoms with Crippen LogP contribution >= 0.6 is 0 Å². The zero-order valence-electron chi connectivity index (χ0n) is 47.9. The summed E-state index contributed by atoms with van der Waals surface area (Å²) in [6, 6.07) is 65.9. The van der Waals surface area contributed by atoms with Crippen LogP contribution in [0.1, 0.15) is 130 Å². The minimum absolute atomic E-state index is 0. The van der Waals surface area contributed by atoms with Crippen molar-refractivity contribution in [3.05, 3.63) is 210 Å². The van der Waals surface area contributed by atoms with Crippen LogP contribution in [0, 0.1) is 18.5 Å². The topological polar surface area (TPSA) is 35.9 Å². The molecule has 3 aliphatic rings. The summed E-state index contributed by atoms with van der Waals surface area (Å²) in [6.45, 7) is 26.2. The number of imidazole rings is 1. The van der Waals surface area contributed by atoms with Crippen molar-refractivity contribution >= 4 is 32.8 Å². The summed E-state index contributed by atoms with van der Waals surface area (Å²) in [6.07, 6.45) is 10.6. The first-order valence-electron chi connectivity index (χ1n) is 28.5. The standard InChI is InChI=1S/C74H68N4O.Pt/c1-70(2,3)47-33-38-75-67(40-47)78-64-27-15-14-23-54(64)55-31-30-50(42-66(55)78)79-49-20-16-19-48(41-49)76-45-77-68-51(46-29-32-60-61(39-46)72(6,7)35-34-71(60,4)5)24-17-25-57(68)59-44-63-62(73(8,9)36-37-74(63,10)11)43-58(59)53-22-13-12-21-52(53)56-26-18-28-65(76)69(56)77;/h12-33,38-40,43-44H,34-37H2,1-11H3;/q-2;. The van der Waals surface area contributed by atoms with Crippen molar-refractivity contribution in [2.24, 2.45) is 0 Å². The summed E-state index contributed by atoms with van der Waals surface area (Å²) in [5.74, 6) is 2.03. The van der Waals surface area contributed by atoms with Crippen molar-refractivity contribution in [2.75, 3.05) is 0 Å². The molecule has 14 rings (SSSR count). The Kier molecular flexibility index (Phi) is 11.9. The molecule has 4 heterocycles. The van der Waals surface area contributed by atoms with Gasteiger partial charge in [-0.25, -0.2) is 4.98 Å². The molecule has 0 radical (unpaired) electrons. The summed E-state index contributed by atoms with van der Waals surface area (Å²) in [5, 5.41) is 2.23. The van der Waals surface area contributed by atoms with E-state index in [1.54, 1.807) is 0 Å². The first-order valence-corrected chi connectivity index (χ1v) is 28.5. The van der Waals surface area contributed by atoms with Gasteiger partial charge in [0.15, 0.2) is 0 Å². The molecule has 0 saturated carbocycles. The monoisotopic (exact) mass is 1220 g/mol. The van der Waals surface area contributed by atoms with Crippen molar-refractivity contribution in [2.45, 2.75) is 129 Å². The van der Waals surface area contributed by atoms with Crippen molar-refractivity contribution in [1.82, 2.24) is 14.1 Å². The van der Waals surface area contributed by atoms with Gasteiger partial charge >= 0.3 is 0 Å². The van der Waals surface area contributed by atoms with Gasteiger partial charge in [0.05, 0.1) is 16.7 Å². The van der Waals surface area contributed by atoms with Crippen LogP contribution in [-0.4, -0.2) is 14.1 Å². The Morgan fingerprint density at radius 2 is 1.07 bits per heavy atom. The first kappa shape index (κ1) is 52.1. The van der Waals surface area contributed by atoms with E-state index in [9.17, 15) is 0 Å². The minimum atomic E-state index is -0.0409. The molecule has 2 aliphatic carbocycles. The van der Waals surface area contributed by atoms with Crippen LogP contribution in [0.2, 0.25) is 0 Å². The fourth-order valence-corrected chi connectivity index (χ4v) is 13.6. The minimum Gasteiger partial charge on any atom is -0.510 e. The predicted octanol–water partition coefficient (Wildman–Crippen LogP) is 18.6. The number of hydrogen-bond donors (Lipinski definition) is 0. The van der Waals surface area contributed by atoms with Gasteiger partial charge in [-0.1, -0.05) is 185 Å². The van der Waals surface area contributed by atoms with E-state index in [1.165, 1.54) is 73.2 Å². The number of rotatable bonds is 5. The molecule has 0 N–H and O–H groups in total. The smallest absolute Gasteiger partial charge is 0.268 e. The van der Waals surface area contributed by atoms with Crippen LogP contribution < -0.4 is 9.30 Å². The number of benzene rings is 8. The average molecular weight is 1220 g/mol. The van der Waals surface area contributed by atoms with Gasteiger partial charge < -0.3 is 13.9 Å². The molecule has 0 fully saturated rings. The first-order chi connectivity index (χ1) is 37.8. The third kappa shape index (κ3) is 8.19. The van der Waals surface area contributed by atoms with Gasteiger partial charge in [0.25, 0.3) is 6.33 Å². The summed E-state index contributed by atoms with van der Waals surface area (Å²) in [5.41, 5.74) is 22.8. The number of fused-ring (bicyclic) bond motifs is 12. The van der Waals surface area contributed by atoms with Crippen LogP contribution in [0.4, 0.5) is 0 Å². The molecule has 0 unspecified atom stereocenters. The van der Waals surface area contributed by atoms with Crippen LogP contribution in [0.5, 0.6) is 11.5 Å². The maximum atomic E-state index is 6.84. The number of aromatic nitrogens is 4. The molecule has 11 aromatic rings. The molecule has 0 amide bonds. The third-order valence-electron chi connectivity index (χ3n) is 18.5. The van der Waals surface area contributed by atoms with E-state index in [1.807, 2.05) is 18.3 Å². The zero-order chi connectivity index (χ0) is 54.5. The molecule has 0 bridgehead atoms. The van der Waals surface area contributed by atoms with E-state index >= 15 is 0 Å². The Bertz CT molecular complexity index is 4350. The third-order valence-corrected chi connectivity index (χ3v) is 18.5. The van der Waals surface area contributed by atoms with Crippen LogP contribution in [0.3, 0.4) is 0 Å². The Balaban J connectivity index is 0.00000605. The number of nitrogens with zero attached hydrogens (tertiary/aromatic N) is 4. The predicted molar refractivity (Wildman–Crippen MR) is 325 cm³/mol. The molecular formula is C74H68N4OPt-2. The molecule has 1 aliphatic heterocycles. The van der Waals surface area contributed by atoms with Gasteiger partial charge in [-0.15, -0.1) is 29.7 Å². The Morgan fingerprint density at radius 1 is 0.500 bits per heavy atom. The van der Waals surface area contributed by atoms with Crippen molar-refractivity contribution in [3.8, 4) is 73.2 Å². The number of pyridine rings is 1. The van der Waals surface area contributed by atoms with Crippen LogP contribution in [0.15, 0.2) is 164 Å². The molecule has 3 aromatic heterocycles. The zero-order valence-corrected chi connectivity index (χ0v) is 50.2. The fourth-order valence-electron chi connectivity index (χ4n) is 13.6. The van der Waals surface area contributed by atoms with Crippen molar-refractivity contribution in [3.63, 3.8) is 0 Å². The van der Waals surface area contributed by atoms with Gasteiger partial charge in [0.1, 0.15) is 5.82 Å². The second-order valence-electron chi connectivity index (χ2n) is 26.5. The molecule has 0 spiro atoms. The number of para-hydroxylation sites is 3. The maximum Gasteiger partial charge on any atom is 0.268 e. The van der Waals surface area contributed by atoms with Gasteiger partial charge in [0, 0.05) is 44.3 Å². The van der Waals surface area contributed by atoms with Crippen LogP contribution in [-0.2, 0) is 48.1 Å². The molecule has 0 atom stereocenters. The van der Waals surface area contributed by atoms with Crippen LogP contribution in [0.25, 0.3) is 94.5 Å². The van der Waals surface area contributed by atoms with Gasteiger partial charge in [-0.2, -0.15) is 18.2 Å². The molecule has 80 heavy (non-hydrogen) atoms. The molecule has 8 aromatic carbocycles. The van der Waals surface area contributed by atoms with E-state index in [0.29, 0.717) is 11.5 Å². The Hall–Kier alpha value is -7.33. The molecule has 5 nitrogen and oxygen atoms in total. The number of hydrogen-bond acceptors (Lipinski definition) is 2. The fraction of sp³-hybridized carbons (Fsp3) is 0.270. The molecule has 0 saturated heterocycles. The summed E-state index contributed by atoms with van der Waals surface area (Å²) < 4.78 is 13.6. The number of ether oxygens (including phenoxy) is 1. The molecular weight excluding hydrogens is 1160 g/mol. The van der Waals surface area contributed by atoms with E-state index in [0.717, 1.165) is 74.9 Å². The van der Waals surface area contributed by atoms with E-state index in [2.05, 4.69) is 254 Å². The summed E-state index contributed by atoms with van der Waals surface area (Å²) in [4.78, 5) is 4.92. The second-order valence-corrected chi connectivity index (χ2v) is 26.5. The Morgan fingerprint density at radius 3 is 1.80 bits per heavy atom.